The lowest BCUT2D eigenvalue weighted by molar-refractivity contribution is 0.137. The van der Waals surface area contributed by atoms with Crippen LogP contribution in [-0.2, 0) is 0 Å². The van der Waals surface area contributed by atoms with Gasteiger partial charge in [0, 0.05) is 55.1 Å². The van der Waals surface area contributed by atoms with Crippen LogP contribution in [0.4, 0.5) is 0 Å². The minimum Gasteiger partial charge on any atom is -0.298 e. The van der Waals surface area contributed by atoms with Crippen LogP contribution >= 0.6 is 22.9 Å². The van der Waals surface area contributed by atoms with Gasteiger partial charge >= 0.3 is 0 Å². The van der Waals surface area contributed by atoms with Gasteiger partial charge in [-0.1, -0.05) is 0 Å². The molecule has 0 amide bonds. The van der Waals surface area contributed by atoms with Gasteiger partial charge in [-0.3, -0.25) is 4.90 Å². The van der Waals surface area contributed by atoms with Crippen molar-refractivity contribution in [2.75, 3.05) is 26.2 Å². The molecule has 0 radical (unpaired) electrons. The summed E-state index contributed by atoms with van der Waals surface area (Å²) in [5, 5.41) is 0. The summed E-state index contributed by atoms with van der Waals surface area (Å²) in [6, 6.07) is 0.774. The average Bonchev–Trinajstić information content (AvgIpc) is 2.79. The fourth-order valence-electron chi connectivity index (χ4n) is 1.85. The van der Waals surface area contributed by atoms with Crippen molar-refractivity contribution in [2.24, 2.45) is 5.92 Å². The van der Waals surface area contributed by atoms with Gasteiger partial charge in [-0.25, -0.2) is 3.11 Å². The quantitative estimate of drug-likeness (QED) is 0.561. The number of rotatable bonds is 2. The van der Waals surface area contributed by atoms with E-state index in [1.807, 2.05) is 0 Å². The molecule has 0 spiro atoms. The highest BCUT2D eigenvalue weighted by atomic mass is 127. The lowest BCUT2D eigenvalue weighted by atomic mass is 10.2. The second-order valence-corrected chi connectivity index (χ2v) is 5.52. The van der Waals surface area contributed by atoms with Crippen LogP contribution in [0.25, 0.3) is 0 Å². The van der Waals surface area contributed by atoms with Crippen LogP contribution < -0.4 is 0 Å². The molecule has 1 aliphatic heterocycles. The summed E-state index contributed by atoms with van der Waals surface area (Å²) >= 11 is 2.44. The molecule has 0 N–H and O–H groups in total. The summed E-state index contributed by atoms with van der Waals surface area (Å²) in [5.41, 5.74) is 0. The van der Waals surface area contributed by atoms with Crippen molar-refractivity contribution in [3.8, 4) is 0 Å². The van der Waals surface area contributed by atoms with Gasteiger partial charge in [0.25, 0.3) is 0 Å². The van der Waals surface area contributed by atoms with Crippen molar-refractivity contribution in [2.45, 2.75) is 25.8 Å². The molecule has 3 heteroatoms. The number of hydrogen-bond donors (Lipinski definition) is 0. The van der Waals surface area contributed by atoms with E-state index in [-0.39, 0.29) is 0 Å². The highest BCUT2D eigenvalue weighted by molar-refractivity contribution is 14.1. The van der Waals surface area contributed by atoms with Gasteiger partial charge in [0.2, 0.25) is 0 Å². The van der Waals surface area contributed by atoms with Crippen LogP contribution in [0.2, 0.25) is 0 Å². The van der Waals surface area contributed by atoms with Crippen LogP contribution in [0.15, 0.2) is 0 Å². The number of piperazine rings is 1. The Balaban J connectivity index is 1.80. The highest BCUT2D eigenvalue weighted by Crippen LogP contribution is 2.30. The maximum absolute atomic E-state index is 2.66. The molecule has 2 nitrogen and oxygen atoms in total. The van der Waals surface area contributed by atoms with E-state index in [1.165, 1.54) is 39.0 Å². The van der Waals surface area contributed by atoms with Gasteiger partial charge in [0.05, 0.1) is 0 Å². The van der Waals surface area contributed by atoms with Crippen molar-refractivity contribution in [3.05, 3.63) is 0 Å². The highest BCUT2D eigenvalue weighted by Gasteiger charge is 2.29. The Kier molecular flexibility index (Phi) is 2.92. The molecule has 0 aromatic carbocycles. The van der Waals surface area contributed by atoms with E-state index in [4.69, 9.17) is 0 Å². The van der Waals surface area contributed by atoms with Gasteiger partial charge in [-0.05, 0) is 25.7 Å². The summed E-state index contributed by atoms with van der Waals surface area (Å²) in [4.78, 5) is 2.66. The molecule has 1 saturated carbocycles. The molecular formula is C9H17IN2. The Morgan fingerprint density at radius 1 is 1.33 bits per heavy atom. The summed E-state index contributed by atoms with van der Waals surface area (Å²) in [6.07, 6.45) is 2.97. The molecule has 0 bridgehead atoms. The zero-order valence-electron chi connectivity index (χ0n) is 7.67. The fraction of sp³-hybridized carbons (Fsp3) is 1.00. The predicted molar refractivity (Wildman–Crippen MR) is 59.4 cm³/mol. The number of halogens is 1. The molecule has 1 heterocycles. The first kappa shape index (κ1) is 9.21. The van der Waals surface area contributed by atoms with Crippen molar-refractivity contribution in [3.63, 3.8) is 0 Å². The minimum absolute atomic E-state index is 0.774. The van der Waals surface area contributed by atoms with Gasteiger partial charge in [-0.2, -0.15) is 0 Å². The third kappa shape index (κ3) is 2.33. The topological polar surface area (TPSA) is 6.48 Å². The van der Waals surface area contributed by atoms with Crippen LogP contribution in [0.3, 0.4) is 0 Å². The molecule has 70 valence electrons. The van der Waals surface area contributed by atoms with E-state index in [2.05, 4.69) is 37.8 Å². The Labute approximate surface area is 88.8 Å². The Bertz CT molecular complexity index is 159. The monoisotopic (exact) mass is 280 g/mol. The first-order chi connectivity index (χ1) is 5.75. The minimum atomic E-state index is 0.774. The molecule has 0 unspecified atom stereocenters. The molecule has 1 aliphatic carbocycles. The van der Waals surface area contributed by atoms with E-state index in [9.17, 15) is 0 Å². The fourth-order valence-corrected chi connectivity index (χ4v) is 2.64. The average molecular weight is 280 g/mol. The second kappa shape index (κ2) is 3.80. The smallest absolute Gasteiger partial charge is 0.0235 e. The van der Waals surface area contributed by atoms with Crippen molar-refractivity contribution in [1.29, 1.82) is 0 Å². The third-order valence-corrected chi connectivity index (χ3v) is 3.78. The van der Waals surface area contributed by atoms with Gasteiger partial charge in [-0.15, -0.1) is 0 Å². The van der Waals surface area contributed by atoms with Crippen LogP contribution in [0.1, 0.15) is 19.8 Å². The standard InChI is InChI=1S/C9H17IN2/c1-8-6-12(10)5-4-11(8)7-9-2-3-9/h8-9H,2-7H2,1H3/t8-/m1/s1. The molecule has 0 aromatic heterocycles. The first-order valence-corrected chi connectivity index (χ1v) is 5.87. The summed E-state index contributed by atoms with van der Waals surface area (Å²) in [5.74, 6) is 1.05. The van der Waals surface area contributed by atoms with Gasteiger partial charge < -0.3 is 0 Å². The first-order valence-electron chi connectivity index (χ1n) is 4.90. The predicted octanol–water partition coefficient (Wildman–Crippen LogP) is 1.75. The van der Waals surface area contributed by atoms with Crippen LogP contribution in [0.5, 0.6) is 0 Å². The van der Waals surface area contributed by atoms with E-state index < -0.39 is 0 Å². The third-order valence-electron chi connectivity index (χ3n) is 2.91. The Morgan fingerprint density at radius 2 is 2.08 bits per heavy atom. The van der Waals surface area contributed by atoms with E-state index in [0.29, 0.717) is 0 Å². The maximum Gasteiger partial charge on any atom is 0.0235 e. The molecular weight excluding hydrogens is 263 g/mol. The number of nitrogens with zero attached hydrogens (tertiary/aromatic N) is 2. The molecule has 1 saturated heterocycles. The van der Waals surface area contributed by atoms with Crippen molar-refractivity contribution in [1.82, 2.24) is 8.01 Å². The zero-order chi connectivity index (χ0) is 8.55. The van der Waals surface area contributed by atoms with Gasteiger partial charge in [0.1, 0.15) is 0 Å². The SMILES string of the molecule is C[C@@H]1CN(I)CCN1CC1CC1. The van der Waals surface area contributed by atoms with E-state index in [0.717, 1.165) is 12.0 Å². The zero-order valence-corrected chi connectivity index (χ0v) is 9.83. The molecule has 0 aromatic rings. The molecule has 2 rings (SSSR count). The molecule has 12 heavy (non-hydrogen) atoms. The molecule has 1 atom stereocenters. The summed E-state index contributed by atoms with van der Waals surface area (Å²) < 4.78 is 2.41. The second-order valence-electron chi connectivity index (χ2n) is 4.16. The van der Waals surface area contributed by atoms with Crippen LogP contribution in [-0.4, -0.2) is 40.2 Å². The lowest BCUT2D eigenvalue weighted by Gasteiger charge is -2.37. The van der Waals surface area contributed by atoms with Crippen molar-refractivity contribution >= 4 is 22.9 Å². The van der Waals surface area contributed by atoms with E-state index in [1.54, 1.807) is 0 Å². The summed E-state index contributed by atoms with van der Waals surface area (Å²) in [6.45, 7) is 7.49. The largest absolute Gasteiger partial charge is 0.298 e. The lowest BCUT2D eigenvalue weighted by Crippen LogP contribution is -2.49. The molecule has 2 fully saturated rings. The molecule has 2 aliphatic rings. The van der Waals surface area contributed by atoms with Crippen molar-refractivity contribution < 1.29 is 0 Å². The maximum atomic E-state index is 2.66. The summed E-state index contributed by atoms with van der Waals surface area (Å²) in [7, 11) is 0. The Morgan fingerprint density at radius 3 is 2.67 bits per heavy atom. The normalized spacial score (nSPS) is 34.0. The number of hydrogen-bond acceptors (Lipinski definition) is 2. The van der Waals surface area contributed by atoms with Gasteiger partial charge in [0.15, 0.2) is 0 Å². The Hall–Kier alpha value is 0.650. The van der Waals surface area contributed by atoms with Crippen LogP contribution in [0, 0.1) is 5.92 Å². The van der Waals surface area contributed by atoms with E-state index >= 15 is 0 Å².